The Morgan fingerprint density at radius 3 is 2.84 bits per heavy atom. The van der Waals surface area contributed by atoms with Crippen molar-refractivity contribution in [2.24, 2.45) is 16.3 Å². The summed E-state index contributed by atoms with van der Waals surface area (Å²) in [7, 11) is 0. The number of fused-ring (bicyclic) bond motifs is 1. The maximum atomic E-state index is 14.0. The molecule has 2 aliphatic rings. The third kappa shape index (κ3) is 3.36. The number of nitrogens with one attached hydrogen (secondary N) is 2. The average molecular weight is 351 g/mol. The number of aliphatic imine (C=N–C) groups is 1. The molecule has 4 nitrogen and oxygen atoms in total. The molecule has 6 heteroatoms. The molecule has 1 aliphatic heterocycles. The van der Waals surface area contributed by atoms with Crippen LogP contribution in [0.1, 0.15) is 45.7 Å². The Hall–Kier alpha value is -1.69. The Balaban J connectivity index is 1.70. The molecule has 1 saturated carbocycles. The summed E-state index contributed by atoms with van der Waals surface area (Å²) in [5, 5.41) is 6.76. The van der Waals surface area contributed by atoms with Crippen LogP contribution in [0.15, 0.2) is 23.2 Å². The first-order valence-electron chi connectivity index (χ1n) is 8.98. The molecule has 138 valence electrons. The quantitative estimate of drug-likeness (QED) is 0.646. The molecule has 0 amide bonds. The van der Waals surface area contributed by atoms with E-state index in [0.717, 1.165) is 19.1 Å². The van der Waals surface area contributed by atoms with E-state index in [4.69, 9.17) is 4.74 Å². The Bertz CT molecular complexity index is 662. The number of nitrogens with zero attached hydrogens (tertiary/aromatic N) is 1. The van der Waals surface area contributed by atoms with Crippen molar-refractivity contribution in [1.29, 1.82) is 0 Å². The van der Waals surface area contributed by atoms with Gasteiger partial charge >= 0.3 is 0 Å². The summed E-state index contributed by atoms with van der Waals surface area (Å²) in [4.78, 5) is 4.50. The number of guanidine groups is 1. The first-order valence-corrected chi connectivity index (χ1v) is 8.98. The molecule has 0 bridgehead atoms. The topological polar surface area (TPSA) is 45.7 Å². The first-order chi connectivity index (χ1) is 11.8. The van der Waals surface area contributed by atoms with Gasteiger partial charge in [-0.3, -0.25) is 4.99 Å². The third-order valence-corrected chi connectivity index (χ3v) is 5.49. The molecule has 0 aromatic heterocycles. The van der Waals surface area contributed by atoms with Crippen molar-refractivity contribution in [3.63, 3.8) is 0 Å². The summed E-state index contributed by atoms with van der Waals surface area (Å²) in [6, 6.07) is 3.60. The van der Waals surface area contributed by atoms with Crippen LogP contribution in [0, 0.1) is 23.0 Å². The van der Waals surface area contributed by atoms with E-state index in [1.165, 1.54) is 12.1 Å². The van der Waals surface area contributed by atoms with Gasteiger partial charge in [0.1, 0.15) is 11.6 Å². The zero-order chi connectivity index (χ0) is 18.2. The molecule has 1 aromatic rings. The number of rotatable bonds is 4. The monoisotopic (exact) mass is 351 g/mol. The maximum Gasteiger partial charge on any atom is 0.191 e. The Morgan fingerprint density at radius 1 is 1.40 bits per heavy atom. The molecule has 1 aliphatic carbocycles. The predicted octanol–water partition coefficient (Wildman–Crippen LogP) is 3.39. The fraction of sp³-hybridized carbons (Fsp3) is 0.632. The summed E-state index contributed by atoms with van der Waals surface area (Å²) in [5.74, 6) is 0.0143. The molecule has 1 saturated heterocycles. The predicted molar refractivity (Wildman–Crippen MR) is 94.4 cm³/mol. The molecular formula is C19H27F2N3O. The number of hydrogen-bond acceptors (Lipinski definition) is 2. The molecule has 4 unspecified atom stereocenters. The third-order valence-electron chi connectivity index (χ3n) is 5.49. The van der Waals surface area contributed by atoms with Crippen LogP contribution in [0.4, 0.5) is 8.78 Å². The minimum Gasteiger partial charge on any atom is -0.377 e. The lowest BCUT2D eigenvalue weighted by atomic mass is 9.57. The Kier molecular flexibility index (Phi) is 5.00. The second-order valence-corrected chi connectivity index (χ2v) is 7.54. The van der Waals surface area contributed by atoms with Gasteiger partial charge in [-0.2, -0.15) is 0 Å². The van der Waals surface area contributed by atoms with E-state index >= 15 is 0 Å². The van der Waals surface area contributed by atoms with Crippen LogP contribution in [0.25, 0.3) is 0 Å². The largest absolute Gasteiger partial charge is 0.377 e. The van der Waals surface area contributed by atoms with Gasteiger partial charge in [-0.1, -0.05) is 19.9 Å². The van der Waals surface area contributed by atoms with Crippen molar-refractivity contribution in [2.75, 3.05) is 13.2 Å². The summed E-state index contributed by atoms with van der Waals surface area (Å²) < 4.78 is 33.0. The van der Waals surface area contributed by atoms with Gasteiger partial charge in [0.15, 0.2) is 5.96 Å². The molecule has 2 fully saturated rings. The molecule has 1 heterocycles. The van der Waals surface area contributed by atoms with Crippen LogP contribution in [0.3, 0.4) is 0 Å². The molecule has 2 N–H and O–H groups in total. The SMILES string of the molecule is CCN=C(NC(C)c1ccc(F)cc1F)NC1C2CCOC2C1(C)C. The van der Waals surface area contributed by atoms with E-state index in [1.54, 1.807) is 0 Å². The van der Waals surface area contributed by atoms with Crippen molar-refractivity contribution in [1.82, 2.24) is 10.6 Å². The molecule has 0 radical (unpaired) electrons. The van der Waals surface area contributed by atoms with Crippen LogP contribution >= 0.6 is 0 Å². The van der Waals surface area contributed by atoms with E-state index in [2.05, 4.69) is 29.5 Å². The molecular weight excluding hydrogens is 324 g/mol. The van der Waals surface area contributed by atoms with E-state index in [0.29, 0.717) is 30.1 Å². The highest BCUT2D eigenvalue weighted by atomic mass is 19.1. The van der Waals surface area contributed by atoms with Gasteiger partial charge in [0.25, 0.3) is 0 Å². The van der Waals surface area contributed by atoms with Gasteiger partial charge in [-0.25, -0.2) is 8.78 Å². The minimum atomic E-state index is -0.572. The molecule has 25 heavy (non-hydrogen) atoms. The van der Waals surface area contributed by atoms with Gasteiger partial charge in [-0.05, 0) is 26.3 Å². The fourth-order valence-corrected chi connectivity index (χ4v) is 4.19. The Labute approximate surface area is 148 Å². The lowest BCUT2D eigenvalue weighted by Gasteiger charge is -2.55. The molecule has 0 spiro atoms. The number of halogens is 2. The van der Waals surface area contributed by atoms with Gasteiger partial charge in [0.2, 0.25) is 0 Å². The zero-order valence-corrected chi connectivity index (χ0v) is 15.3. The second kappa shape index (κ2) is 6.90. The number of ether oxygens (including phenoxy) is 1. The summed E-state index contributed by atoms with van der Waals surface area (Å²) in [6.45, 7) is 9.62. The number of benzene rings is 1. The standard InChI is InChI=1S/C19H27F2N3O/c1-5-22-18(23-11(2)13-7-6-12(20)10-15(13)21)24-16-14-8-9-25-17(14)19(16,3)4/h6-7,10-11,14,16-17H,5,8-9H2,1-4H3,(H2,22,23,24). The fourth-order valence-electron chi connectivity index (χ4n) is 4.19. The lowest BCUT2D eigenvalue weighted by Crippen LogP contribution is -2.68. The Morgan fingerprint density at radius 2 is 2.16 bits per heavy atom. The van der Waals surface area contributed by atoms with Crippen molar-refractivity contribution >= 4 is 5.96 Å². The molecule has 1 aromatic carbocycles. The van der Waals surface area contributed by atoms with Crippen molar-refractivity contribution in [2.45, 2.75) is 52.3 Å². The van der Waals surface area contributed by atoms with Gasteiger partial charge in [0, 0.05) is 42.2 Å². The first kappa shape index (κ1) is 18.1. The van der Waals surface area contributed by atoms with E-state index in [-0.39, 0.29) is 17.5 Å². The van der Waals surface area contributed by atoms with Crippen LogP contribution in [-0.4, -0.2) is 31.3 Å². The highest BCUT2D eigenvalue weighted by Gasteiger charge is 2.59. The van der Waals surface area contributed by atoms with Crippen LogP contribution in [0.2, 0.25) is 0 Å². The van der Waals surface area contributed by atoms with E-state index < -0.39 is 11.6 Å². The highest BCUT2D eigenvalue weighted by molar-refractivity contribution is 5.81. The average Bonchev–Trinajstić information content (AvgIpc) is 2.99. The van der Waals surface area contributed by atoms with Gasteiger partial charge in [0.05, 0.1) is 12.1 Å². The summed E-state index contributed by atoms with van der Waals surface area (Å²) in [6.07, 6.45) is 1.34. The lowest BCUT2D eigenvalue weighted by molar-refractivity contribution is -0.106. The maximum absolute atomic E-state index is 14.0. The van der Waals surface area contributed by atoms with Gasteiger partial charge < -0.3 is 15.4 Å². The molecule has 3 rings (SSSR count). The van der Waals surface area contributed by atoms with E-state index in [9.17, 15) is 8.78 Å². The van der Waals surface area contributed by atoms with E-state index in [1.807, 2.05) is 13.8 Å². The van der Waals surface area contributed by atoms with Crippen molar-refractivity contribution in [3.8, 4) is 0 Å². The van der Waals surface area contributed by atoms with Gasteiger partial charge in [-0.15, -0.1) is 0 Å². The highest BCUT2D eigenvalue weighted by Crippen LogP contribution is 2.52. The minimum absolute atomic E-state index is 0.0295. The van der Waals surface area contributed by atoms with Crippen LogP contribution in [-0.2, 0) is 4.74 Å². The molecule has 4 atom stereocenters. The smallest absolute Gasteiger partial charge is 0.191 e. The van der Waals surface area contributed by atoms with Crippen LogP contribution < -0.4 is 10.6 Å². The summed E-state index contributed by atoms with van der Waals surface area (Å²) >= 11 is 0. The zero-order valence-electron chi connectivity index (χ0n) is 15.3. The second-order valence-electron chi connectivity index (χ2n) is 7.54. The van der Waals surface area contributed by atoms with Crippen molar-refractivity contribution < 1.29 is 13.5 Å². The number of hydrogen-bond donors (Lipinski definition) is 2. The van der Waals surface area contributed by atoms with Crippen molar-refractivity contribution in [3.05, 3.63) is 35.4 Å². The summed E-state index contributed by atoms with van der Waals surface area (Å²) in [5.41, 5.74) is 0.448. The van der Waals surface area contributed by atoms with Crippen LogP contribution in [0.5, 0.6) is 0 Å². The normalized spacial score (nSPS) is 28.9.